The number of benzene rings is 1. The number of likely N-dealkylation sites (tertiary alicyclic amines) is 1. The van der Waals surface area contributed by atoms with Crippen LogP contribution >= 0.6 is 11.3 Å². The van der Waals surface area contributed by atoms with Crippen molar-refractivity contribution in [3.05, 3.63) is 56.5 Å². The summed E-state index contributed by atoms with van der Waals surface area (Å²) in [7, 11) is 1.84. The van der Waals surface area contributed by atoms with E-state index in [2.05, 4.69) is 9.88 Å². The molecule has 1 aliphatic rings. The SMILES string of the molecule is Cc1ncc(CN2CCCC2c2nc3ccccc3c(=O)n2C)s1. The second kappa shape index (κ2) is 6.11. The number of rotatable bonds is 3. The number of thiazole rings is 1. The molecule has 1 aromatic carbocycles. The molecule has 1 atom stereocenters. The first kappa shape index (κ1) is 15.5. The van der Waals surface area contributed by atoms with Crippen molar-refractivity contribution >= 4 is 22.2 Å². The topological polar surface area (TPSA) is 51.0 Å². The zero-order chi connectivity index (χ0) is 16.7. The molecule has 0 N–H and O–H groups in total. The molecule has 0 radical (unpaired) electrons. The van der Waals surface area contributed by atoms with Crippen LogP contribution in [0.4, 0.5) is 0 Å². The maximum absolute atomic E-state index is 12.7. The number of aromatic nitrogens is 3. The molecular formula is C18H20N4OS. The van der Waals surface area contributed by atoms with Crippen molar-refractivity contribution in [2.24, 2.45) is 7.05 Å². The molecule has 1 fully saturated rings. The van der Waals surface area contributed by atoms with E-state index in [9.17, 15) is 4.79 Å². The van der Waals surface area contributed by atoms with Crippen molar-refractivity contribution in [3.63, 3.8) is 0 Å². The predicted molar refractivity (Wildman–Crippen MR) is 96.2 cm³/mol. The maximum Gasteiger partial charge on any atom is 0.261 e. The lowest BCUT2D eigenvalue weighted by Gasteiger charge is -2.25. The lowest BCUT2D eigenvalue weighted by molar-refractivity contribution is 0.237. The quantitative estimate of drug-likeness (QED) is 0.735. The van der Waals surface area contributed by atoms with Crippen LogP contribution in [0.3, 0.4) is 0 Å². The Balaban J connectivity index is 1.73. The number of aryl methyl sites for hydroxylation is 1. The molecule has 5 nitrogen and oxygen atoms in total. The molecule has 124 valence electrons. The first-order valence-corrected chi connectivity index (χ1v) is 9.06. The summed E-state index contributed by atoms with van der Waals surface area (Å²) in [5.41, 5.74) is 0.826. The van der Waals surface area contributed by atoms with Crippen molar-refractivity contribution in [2.45, 2.75) is 32.4 Å². The normalized spacial score (nSPS) is 18.5. The highest BCUT2D eigenvalue weighted by Gasteiger charge is 2.30. The summed E-state index contributed by atoms with van der Waals surface area (Å²) in [6.07, 6.45) is 4.13. The Morgan fingerprint density at radius 2 is 2.17 bits per heavy atom. The minimum atomic E-state index is 0.0380. The maximum atomic E-state index is 12.7. The average molecular weight is 340 g/mol. The number of hydrogen-bond donors (Lipinski definition) is 0. The number of fused-ring (bicyclic) bond motifs is 1. The van der Waals surface area contributed by atoms with Crippen LogP contribution in [0.2, 0.25) is 0 Å². The van der Waals surface area contributed by atoms with Crippen molar-refractivity contribution in [1.29, 1.82) is 0 Å². The van der Waals surface area contributed by atoms with Gasteiger partial charge in [0.1, 0.15) is 5.82 Å². The summed E-state index contributed by atoms with van der Waals surface area (Å²) in [5.74, 6) is 0.873. The molecule has 0 aliphatic carbocycles. The lowest BCUT2D eigenvalue weighted by atomic mass is 10.1. The van der Waals surface area contributed by atoms with Crippen LogP contribution in [0, 0.1) is 6.92 Å². The molecule has 1 unspecified atom stereocenters. The van der Waals surface area contributed by atoms with Gasteiger partial charge in [-0.2, -0.15) is 0 Å². The highest BCUT2D eigenvalue weighted by Crippen LogP contribution is 2.32. The molecule has 0 spiro atoms. The van der Waals surface area contributed by atoms with Crippen LogP contribution < -0.4 is 5.56 Å². The van der Waals surface area contributed by atoms with Gasteiger partial charge in [0, 0.05) is 24.7 Å². The van der Waals surface area contributed by atoms with Gasteiger partial charge in [-0.05, 0) is 38.4 Å². The minimum absolute atomic E-state index is 0.0380. The van der Waals surface area contributed by atoms with E-state index in [0.29, 0.717) is 5.39 Å². The van der Waals surface area contributed by atoms with Crippen LogP contribution in [0.1, 0.15) is 34.6 Å². The monoisotopic (exact) mass is 340 g/mol. The first-order valence-electron chi connectivity index (χ1n) is 8.24. The zero-order valence-electron chi connectivity index (χ0n) is 13.9. The second-order valence-electron chi connectivity index (χ2n) is 6.33. The Kier molecular flexibility index (Phi) is 3.94. The molecule has 0 bridgehead atoms. The second-order valence-corrected chi connectivity index (χ2v) is 7.64. The van der Waals surface area contributed by atoms with E-state index in [1.54, 1.807) is 15.9 Å². The van der Waals surface area contributed by atoms with E-state index < -0.39 is 0 Å². The van der Waals surface area contributed by atoms with Crippen LogP contribution in [-0.4, -0.2) is 26.0 Å². The van der Waals surface area contributed by atoms with Gasteiger partial charge in [-0.25, -0.2) is 9.97 Å². The highest BCUT2D eigenvalue weighted by molar-refractivity contribution is 7.11. The number of hydrogen-bond acceptors (Lipinski definition) is 5. The van der Waals surface area contributed by atoms with E-state index in [0.717, 1.165) is 42.3 Å². The molecule has 1 aliphatic heterocycles. The highest BCUT2D eigenvalue weighted by atomic mass is 32.1. The molecule has 3 aromatic rings. The van der Waals surface area contributed by atoms with Crippen molar-refractivity contribution in [1.82, 2.24) is 19.4 Å². The van der Waals surface area contributed by atoms with E-state index >= 15 is 0 Å². The van der Waals surface area contributed by atoms with Crippen LogP contribution in [0.25, 0.3) is 10.9 Å². The van der Waals surface area contributed by atoms with Gasteiger partial charge in [-0.3, -0.25) is 14.3 Å². The molecule has 0 amide bonds. The van der Waals surface area contributed by atoms with Gasteiger partial charge in [0.05, 0.1) is 22.0 Å². The summed E-state index contributed by atoms with van der Waals surface area (Å²) in [6.45, 7) is 3.94. The van der Waals surface area contributed by atoms with E-state index in [1.807, 2.05) is 44.4 Å². The smallest absolute Gasteiger partial charge is 0.261 e. The summed E-state index contributed by atoms with van der Waals surface area (Å²) in [6, 6.07) is 7.78. The van der Waals surface area contributed by atoms with Crippen LogP contribution in [-0.2, 0) is 13.6 Å². The Bertz CT molecular complexity index is 946. The third-order valence-electron chi connectivity index (χ3n) is 4.71. The van der Waals surface area contributed by atoms with E-state index in [4.69, 9.17) is 4.98 Å². The Morgan fingerprint density at radius 1 is 1.33 bits per heavy atom. The fourth-order valence-corrected chi connectivity index (χ4v) is 4.34. The summed E-state index contributed by atoms with van der Waals surface area (Å²) >= 11 is 1.74. The number of nitrogens with zero attached hydrogens (tertiary/aromatic N) is 4. The summed E-state index contributed by atoms with van der Waals surface area (Å²) < 4.78 is 1.73. The predicted octanol–water partition coefficient (Wildman–Crippen LogP) is 3.04. The zero-order valence-corrected chi connectivity index (χ0v) is 14.7. The van der Waals surface area contributed by atoms with Crippen LogP contribution in [0.15, 0.2) is 35.3 Å². The van der Waals surface area contributed by atoms with Gasteiger partial charge < -0.3 is 0 Å². The Morgan fingerprint density at radius 3 is 2.96 bits per heavy atom. The van der Waals surface area contributed by atoms with Crippen molar-refractivity contribution in [2.75, 3.05) is 6.54 Å². The van der Waals surface area contributed by atoms with Gasteiger partial charge in [0.15, 0.2) is 0 Å². The van der Waals surface area contributed by atoms with Gasteiger partial charge in [-0.15, -0.1) is 11.3 Å². The van der Waals surface area contributed by atoms with E-state index in [-0.39, 0.29) is 11.6 Å². The summed E-state index contributed by atoms with van der Waals surface area (Å²) in [4.78, 5) is 25.5. The molecule has 4 rings (SSSR count). The third kappa shape index (κ3) is 2.65. The third-order valence-corrected chi connectivity index (χ3v) is 5.61. The van der Waals surface area contributed by atoms with Crippen LogP contribution in [0.5, 0.6) is 0 Å². The molecule has 24 heavy (non-hydrogen) atoms. The van der Waals surface area contributed by atoms with E-state index in [1.165, 1.54) is 4.88 Å². The molecule has 1 saturated heterocycles. The van der Waals surface area contributed by atoms with Crippen molar-refractivity contribution in [3.8, 4) is 0 Å². The fourth-order valence-electron chi connectivity index (χ4n) is 3.52. The summed E-state index contributed by atoms with van der Waals surface area (Å²) in [5, 5.41) is 1.78. The fraction of sp³-hybridized carbons (Fsp3) is 0.389. The molecule has 3 heterocycles. The molecular weight excluding hydrogens is 320 g/mol. The molecule has 2 aromatic heterocycles. The molecule has 6 heteroatoms. The van der Waals surface area contributed by atoms with Gasteiger partial charge >= 0.3 is 0 Å². The standard InChI is InChI=1S/C18H20N4OS/c1-12-19-10-13(24-12)11-22-9-5-8-16(22)17-20-15-7-4-3-6-14(15)18(23)21(17)2/h3-4,6-7,10,16H,5,8-9,11H2,1-2H3. The average Bonchev–Trinajstić information content (AvgIpc) is 3.20. The minimum Gasteiger partial charge on any atom is -0.298 e. The van der Waals surface area contributed by atoms with Gasteiger partial charge in [-0.1, -0.05) is 12.1 Å². The van der Waals surface area contributed by atoms with Crippen molar-refractivity contribution < 1.29 is 0 Å². The lowest BCUT2D eigenvalue weighted by Crippen LogP contribution is -2.30. The largest absolute Gasteiger partial charge is 0.298 e. The first-order chi connectivity index (χ1) is 11.6. The van der Waals surface area contributed by atoms with Gasteiger partial charge in [0.2, 0.25) is 0 Å². The Hall–Kier alpha value is -2.05. The number of para-hydroxylation sites is 1. The van der Waals surface area contributed by atoms with Gasteiger partial charge in [0.25, 0.3) is 5.56 Å². The molecule has 0 saturated carbocycles. The Labute approximate surface area is 144 Å².